The Bertz CT molecular complexity index is 481. The number of benzene rings is 1. The summed E-state index contributed by atoms with van der Waals surface area (Å²) in [5.41, 5.74) is 0.691. The Kier molecular flexibility index (Phi) is 5.54. The van der Waals surface area contributed by atoms with Gasteiger partial charge in [-0.3, -0.25) is 9.69 Å². The summed E-state index contributed by atoms with van der Waals surface area (Å²) in [4.78, 5) is 13.0. The molecule has 0 amide bonds. The zero-order chi connectivity index (χ0) is 14.5. The van der Waals surface area contributed by atoms with Crippen LogP contribution >= 0.6 is 15.9 Å². The van der Waals surface area contributed by atoms with Crippen LogP contribution in [-0.2, 0) is 11.3 Å². The molecule has 3 nitrogen and oxygen atoms in total. The van der Waals surface area contributed by atoms with Crippen LogP contribution < -0.4 is 0 Å². The van der Waals surface area contributed by atoms with Crippen LogP contribution in [0.25, 0.3) is 0 Å². The highest BCUT2D eigenvalue weighted by molar-refractivity contribution is 9.10. The molecular formula is C15H19BrFNO2. The van der Waals surface area contributed by atoms with E-state index in [9.17, 15) is 9.18 Å². The second kappa shape index (κ2) is 7.18. The molecule has 1 fully saturated rings. The van der Waals surface area contributed by atoms with Gasteiger partial charge in [0.1, 0.15) is 5.82 Å². The minimum absolute atomic E-state index is 0.181. The van der Waals surface area contributed by atoms with Crippen molar-refractivity contribution >= 4 is 21.9 Å². The molecule has 0 radical (unpaired) electrons. The molecule has 110 valence electrons. The predicted octanol–water partition coefficient (Wildman–Crippen LogP) is 3.67. The first-order chi connectivity index (χ1) is 9.54. The van der Waals surface area contributed by atoms with Gasteiger partial charge in [-0.2, -0.15) is 0 Å². The molecular weight excluding hydrogens is 325 g/mol. The SMILES string of the molecule is O=C(O)CC1CCCN(Cc2cc(Br)ccc2F)CC1. The number of nitrogens with zero attached hydrogens (tertiary/aromatic N) is 1. The van der Waals surface area contributed by atoms with Gasteiger partial charge >= 0.3 is 5.97 Å². The molecule has 0 bridgehead atoms. The summed E-state index contributed by atoms with van der Waals surface area (Å²) in [5.74, 6) is -0.647. The fourth-order valence-corrected chi connectivity index (χ4v) is 3.15. The fourth-order valence-electron chi connectivity index (χ4n) is 2.74. The van der Waals surface area contributed by atoms with Crippen LogP contribution in [0.2, 0.25) is 0 Å². The van der Waals surface area contributed by atoms with Crippen LogP contribution in [0.3, 0.4) is 0 Å². The second-order valence-corrected chi connectivity index (χ2v) is 6.32. The molecule has 1 heterocycles. The Morgan fingerprint density at radius 3 is 2.95 bits per heavy atom. The maximum Gasteiger partial charge on any atom is 0.303 e. The van der Waals surface area contributed by atoms with E-state index in [2.05, 4.69) is 20.8 Å². The number of halogens is 2. The quantitative estimate of drug-likeness (QED) is 0.906. The summed E-state index contributed by atoms with van der Waals surface area (Å²) in [6.07, 6.45) is 3.05. The van der Waals surface area contributed by atoms with Gasteiger partial charge in [0.2, 0.25) is 0 Å². The van der Waals surface area contributed by atoms with Crippen molar-refractivity contribution in [3.05, 3.63) is 34.1 Å². The third-order valence-corrected chi connectivity index (χ3v) is 4.30. The van der Waals surface area contributed by atoms with Crippen molar-refractivity contribution < 1.29 is 14.3 Å². The average Bonchev–Trinajstić information content (AvgIpc) is 2.59. The lowest BCUT2D eigenvalue weighted by atomic mass is 9.97. The lowest BCUT2D eigenvalue weighted by molar-refractivity contribution is -0.138. The molecule has 1 aromatic rings. The summed E-state index contributed by atoms with van der Waals surface area (Å²) in [6, 6.07) is 4.99. The summed E-state index contributed by atoms with van der Waals surface area (Å²) in [5, 5.41) is 8.86. The highest BCUT2D eigenvalue weighted by atomic mass is 79.9. The van der Waals surface area contributed by atoms with Gasteiger partial charge in [-0.25, -0.2) is 4.39 Å². The van der Waals surface area contributed by atoms with Crippen LogP contribution in [0.1, 0.15) is 31.2 Å². The first kappa shape index (κ1) is 15.4. The van der Waals surface area contributed by atoms with Gasteiger partial charge in [0.05, 0.1) is 0 Å². The zero-order valence-electron chi connectivity index (χ0n) is 11.3. The smallest absolute Gasteiger partial charge is 0.303 e. The number of carbonyl (C=O) groups is 1. The minimum Gasteiger partial charge on any atom is -0.481 e. The van der Waals surface area contributed by atoms with E-state index in [1.807, 2.05) is 6.07 Å². The van der Waals surface area contributed by atoms with Gasteiger partial charge in [-0.15, -0.1) is 0 Å². The maximum atomic E-state index is 13.7. The van der Waals surface area contributed by atoms with E-state index < -0.39 is 5.97 Å². The number of hydrogen-bond donors (Lipinski definition) is 1. The van der Waals surface area contributed by atoms with Crippen molar-refractivity contribution in [2.75, 3.05) is 13.1 Å². The van der Waals surface area contributed by atoms with Gasteiger partial charge in [0, 0.05) is 23.0 Å². The molecule has 1 saturated heterocycles. The molecule has 20 heavy (non-hydrogen) atoms. The monoisotopic (exact) mass is 343 g/mol. The van der Waals surface area contributed by atoms with Crippen molar-refractivity contribution in [3.63, 3.8) is 0 Å². The van der Waals surface area contributed by atoms with Crippen molar-refractivity contribution in [1.82, 2.24) is 4.90 Å². The molecule has 0 saturated carbocycles. The lowest BCUT2D eigenvalue weighted by Gasteiger charge is -2.20. The van der Waals surface area contributed by atoms with E-state index in [1.165, 1.54) is 6.07 Å². The van der Waals surface area contributed by atoms with Crippen LogP contribution in [0.15, 0.2) is 22.7 Å². The molecule has 0 aliphatic carbocycles. The van der Waals surface area contributed by atoms with Crippen molar-refractivity contribution in [2.24, 2.45) is 5.92 Å². The van der Waals surface area contributed by atoms with Crippen molar-refractivity contribution in [3.8, 4) is 0 Å². The standard InChI is InChI=1S/C15H19BrFNO2/c16-13-3-4-14(17)12(9-13)10-18-6-1-2-11(5-7-18)8-15(19)20/h3-4,9,11H,1-2,5-8,10H2,(H,19,20). The Balaban J connectivity index is 1.94. The zero-order valence-corrected chi connectivity index (χ0v) is 12.9. The Labute approximate surface area is 126 Å². The highest BCUT2D eigenvalue weighted by Gasteiger charge is 2.20. The third kappa shape index (κ3) is 4.56. The summed E-state index contributed by atoms with van der Waals surface area (Å²) >= 11 is 3.36. The normalized spacial score (nSPS) is 20.6. The van der Waals surface area contributed by atoms with Gasteiger partial charge in [-0.1, -0.05) is 15.9 Å². The van der Waals surface area contributed by atoms with Crippen molar-refractivity contribution in [1.29, 1.82) is 0 Å². The predicted molar refractivity (Wildman–Crippen MR) is 79.0 cm³/mol. The van der Waals surface area contributed by atoms with E-state index in [0.29, 0.717) is 12.1 Å². The number of rotatable bonds is 4. The number of aliphatic carboxylic acids is 1. The molecule has 1 aliphatic rings. The first-order valence-corrected chi connectivity index (χ1v) is 7.72. The van der Waals surface area contributed by atoms with Gasteiger partial charge in [-0.05, 0) is 56.5 Å². The number of carboxylic acid groups (broad SMARTS) is 1. The molecule has 1 aliphatic heterocycles. The molecule has 2 rings (SSSR count). The Morgan fingerprint density at radius 1 is 1.40 bits per heavy atom. The Hall–Kier alpha value is -0.940. The molecule has 1 atom stereocenters. The van der Waals surface area contributed by atoms with Crippen LogP contribution in [-0.4, -0.2) is 29.1 Å². The molecule has 5 heteroatoms. The number of likely N-dealkylation sites (tertiary alicyclic amines) is 1. The Morgan fingerprint density at radius 2 is 2.20 bits per heavy atom. The van der Waals surface area contributed by atoms with E-state index in [-0.39, 0.29) is 18.2 Å². The molecule has 1 unspecified atom stereocenters. The van der Waals surface area contributed by atoms with E-state index in [4.69, 9.17) is 5.11 Å². The highest BCUT2D eigenvalue weighted by Crippen LogP contribution is 2.23. The largest absolute Gasteiger partial charge is 0.481 e. The summed E-state index contributed by atoms with van der Waals surface area (Å²) in [6.45, 7) is 2.33. The van der Waals surface area contributed by atoms with Crippen LogP contribution in [0.4, 0.5) is 4.39 Å². The summed E-state index contributed by atoms with van der Waals surface area (Å²) in [7, 11) is 0. The second-order valence-electron chi connectivity index (χ2n) is 5.41. The van der Waals surface area contributed by atoms with E-state index >= 15 is 0 Å². The average molecular weight is 344 g/mol. The molecule has 0 aromatic heterocycles. The lowest BCUT2D eigenvalue weighted by Crippen LogP contribution is -2.25. The van der Waals surface area contributed by atoms with Crippen molar-refractivity contribution in [2.45, 2.75) is 32.2 Å². The maximum absolute atomic E-state index is 13.7. The van der Waals surface area contributed by atoms with Crippen LogP contribution in [0.5, 0.6) is 0 Å². The number of carboxylic acids is 1. The minimum atomic E-state index is -0.721. The molecule has 1 N–H and O–H groups in total. The van der Waals surface area contributed by atoms with Gasteiger partial charge in [0.25, 0.3) is 0 Å². The first-order valence-electron chi connectivity index (χ1n) is 6.92. The van der Waals surface area contributed by atoms with E-state index in [0.717, 1.165) is 36.8 Å². The number of hydrogen-bond acceptors (Lipinski definition) is 2. The van der Waals surface area contributed by atoms with Gasteiger partial charge in [0.15, 0.2) is 0 Å². The molecule has 1 aromatic carbocycles. The fraction of sp³-hybridized carbons (Fsp3) is 0.533. The summed E-state index contributed by atoms with van der Waals surface area (Å²) < 4.78 is 14.6. The molecule has 0 spiro atoms. The van der Waals surface area contributed by atoms with E-state index in [1.54, 1.807) is 6.07 Å². The van der Waals surface area contributed by atoms with Crippen LogP contribution in [0, 0.1) is 11.7 Å². The third-order valence-electron chi connectivity index (χ3n) is 3.81. The van der Waals surface area contributed by atoms with Gasteiger partial charge < -0.3 is 5.11 Å². The topological polar surface area (TPSA) is 40.5 Å².